The molecule has 0 amide bonds. The van der Waals surface area contributed by atoms with Gasteiger partial charge in [-0.15, -0.1) is 24.7 Å². The van der Waals surface area contributed by atoms with Gasteiger partial charge in [-0.1, -0.05) is 5.92 Å². The Hall–Kier alpha value is -1.32. The van der Waals surface area contributed by atoms with E-state index in [1.807, 2.05) is 0 Å². The Morgan fingerprint density at radius 1 is 1.40 bits per heavy atom. The summed E-state index contributed by atoms with van der Waals surface area (Å²) in [5, 5.41) is 0. The second kappa shape index (κ2) is 5.81. The third-order valence-electron chi connectivity index (χ3n) is 1.22. The normalized spacial score (nSPS) is 10.5. The second-order valence-electron chi connectivity index (χ2n) is 1.99. The van der Waals surface area contributed by atoms with E-state index in [9.17, 15) is 0 Å². The molecule has 10 heavy (non-hydrogen) atoms. The van der Waals surface area contributed by atoms with Crippen molar-refractivity contribution in [1.29, 1.82) is 0 Å². The van der Waals surface area contributed by atoms with Crippen LogP contribution in [0, 0.1) is 42.9 Å². The highest BCUT2D eigenvalue weighted by molar-refractivity contribution is 5.01. The first kappa shape index (κ1) is 8.68. The van der Waals surface area contributed by atoms with Crippen LogP contribution in [0.15, 0.2) is 0 Å². The maximum atomic E-state index is 6.63. The van der Waals surface area contributed by atoms with Crippen molar-refractivity contribution in [2.45, 2.75) is 19.3 Å². The molecule has 0 bridgehead atoms. The molecule has 0 spiro atoms. The fourth-order valence-electron chi connectivity index (χ4n) is 0.633. The first-order valence-electron chi connectivity index (χ1n) is 3.14. The zero-order chi connectivity index (χ0) is 7.82. The van der Waals surface area contributed by atoms with Crippen molar-refractivity contribution in [1.82, 2.24) is 0 Å². The molecule has 0 aromatic heterocycles. The van der Waals surface area contributed by atoms with Crippen molar-refractivity contribution in [3.05, 3.63) is 6.42 Å². The fraction of sp³-hybridized carbons (Fsp3) is 0.400. The predicted octanol–water partition coefficient (Wildman–Crippen LogP) is 1.63. The van der Waals surface area contributed by atoms with Crippen molar-refractivity contribution < 1.29 is 0 Å². The Bertz CT molecular complexity index is 192. The van der Waals surface area contributed by atoms with Crippen LogP contribution in [0.2, 0.25) is 0 Å². The van der Waals surface area contributed by atoms with Gasteiger partial charge in [-0.25, -0.2) is 0 Å². The third kappa shape index (κ3) is 3.65. The molecule has 0 aromatic carbocycles. The average Bonchev–Trinajstić information content (AvgIpc) is 1.98. The van der Waals surface area contributed by atoms with E-state index in [0.29, 0.717) is 12.8 Å². The minimum Gasteiger partial charge on any atom is -0.120 e. The summed E-state index contributed by atoms with van der Waals surface area (Å²) >= 11 is 0. The molecule has 1 atom stereocenters. The summed E-state index contributed by atoms with van der Waals surface area (Å²) in [4.78, 5) is 0. The van der Waals surface area contributed by atoms with Crippen molar-refractivity contribution in [3.8, 4) is 30.6 Å². The van der Waals surface area contributed by atoms with E-state index in [2.05, 4.69) is 17.8 Å². The third-order valence-corrected chi connectivity index (χ3v) is 1.22. The van der Waals surface area contributed by atoms with Gasteiger partial charge < -0.3 is 0 Å². The smallest absolute Gasteiger partial charge is 0.0318 e. The van der Waals surface area contributed by atoms with Gasteiger partial charge in [0, 0.05) is 18.8 Å². The van der Waals surface area contributed by atoms with E-state index >= 15 is 0 Å². The molecular formula is C10H9. The molecule has 1 unspecified atom stereocenters. The zero-order valence-corrected chi connectivity index (χ0v) is 5.85. The summed E-state index contributed by atoms with van der Waals surface area (Å²) in [6.07, 6.45) is 18.9. The largest absolute Gasteiger partial charge is 0.120 e. The van der Waals surface area contributed by atoms with E-state index in [1.165, 1.54) is 0 Å². The van der Waals surface area contributed by atoms with Gasteiger partial charge in [0.05, 0.1) is 0 Å². The Morgan fingerprint density at radius 3 is 2.50 bits per heavy atom. The lowest BCUT2D eigenvalue weighted by Crippen LogP contribution is -1.93. The molecule has 0 aliphatic rings. The van der Waals surface area contributed by atoms with E-state index in [0.717, 1.165) is 6.42 Å². The van der Waals surface area contributed by atoms with Crippen molar-refractivity contribution in [3.63, 3.8) is 0 Å². The summed E-state index contributed by atoms with van der Waals surface area (Å²) in [5.74, 6) is 7.47. The number of terminal acetylenes is 2. The van der Waals surface area contributed by atoms with Crippen LogP contribution in [0.4, 0.5) is 0 Å². The molecule has 0 nitrogen and oxygen atoms in total. The average molecular weight is 129 g/mol. The van der Waals surface area contributed by atoms with Gasteiger partial charge in [0.25, 0.3) is 0 Å². The van der Waals surface area contributed by atoms with Crippen molar-refractivity contribution in [2.24, 2.45) is 5.92 Å². The Labute approximate surface area is 63.0 Å². The molecular weight excluding hydrogens is 120 g/mol. The van der Waals surface area contributed by atoms with Crippen LogP contribution < -0.4 is 0 Å². The first-order valence-corrected chi connectivity index (χ1v) is 3.14. The van der Waals surface area contributed by atoms with Gasteiger partial charge in [0.15, 0.2) is 0 Å². The summed E-state index contributed by atoms with van der Waals surface area (Å²) in [7, 11) is 0. The van der Waals surface area contributed by atoms with Crippen LogP contribution in [0.3, 0.4) is 0 Å². The molecule has 0 rings (SSSR count). The molecule has 0 aliphatic carbocycles. The van der Waals surface area contributed by atoms with Crippen LogP contribution in [-0.2, 0) is 0 Å². The Balaban J connectivity index is 3.57. The summed E-state index contributed by atoms with van der Waals surface area (Å²) in [6.45, 7) is 0. The molecule has 0 heterocycles. The lowest BCUT2D eigenvalue weighted by Gasteiger charge is -2.01. The van der Waals surface area contributed by atoms with Crippen molar-refractivity contribution >= 4 is 0 Å². The summed E-state index contributed by atoms with van der Waals surface area (Å²) < 4.78 is 0. The quantitative estimate of drug-likeness (QED) is 0.508. The minimum absolute atomic E-state index is 0.128. The highest BCUT2D eigenvalue weighted by Crippen LogP contribution is 2.07. The van der Waals surface area contributed by atoms with Crippen LogP contribution in [-0.4, -0.2) is 0 Å². The van der Waals surface area contributed by atoms with Gasteiger partial charge in [-0.2, -0.15) is 0 Å². The van der Waals surface area contributed by atoms with Crippen LogP contribution in [0.1, 0.15) is 19.3 Å². The number of hydrogen-bond acceptors (Lipinski definition) is 0. The molecule has 1 radical (unpaired) electrons. The Kier molecular flexibility index (Phi) is 5.04. The topological polar surface area (TPSA) is 0 Å². The van der Waals surface area contributed by atoms with Crippen molar-refractivity contribution in [2.75, 3.05) is 0 Å². The van der Waals surface area contributed by atoms with Gasteiger partial charge in [0.1, 0.15) is 0 Å². The molecule has 0 saturated heterocycles. The first-order chi connectivity index (χ1) is 4.85. The molecule has 0 aliphatic heterocycles. The highest BCUT2D eigenvalue weighted by atomic mass is 14.0. The monoisotopic (exact) mass is 129 g/mol. The SMILES string of the molecule is [C]#CCCC(C#C)CC#C. The van der Waals surface area contributed by atoms with E-state index in [1.54, 1.807) is 0 Å². The standard InChI is InChI=1S/C10H9/c1-4-7-9-10(6-3)8-5-2/h2-3,10H,7-9H2. The van der Waals surface area contributed by atoms with Crippen LogP contribution in [0.5, 0.6) is 0 Å². The van der Waals surface area contributed by atoms with E-state index < -0.39 is 0 Å². The van der Waals surface area contributed by atoms with Gasteiger partial charge >= 0.3 is 0 Å². The van der Waals surface area contributed by atoms with Gasteiger partial charge in [-0.3, -0.25) is 0 Å². The number of hydrogen-bond donors (Lipinski definition) is 0. The van der Waals surface area contributed by atoms with Crippen LogP contribution >= 0.6 is 0 Å². The summed E-state index contributed by atoms with van der Waals surface area (Å²) in [5.41, 5.74) is 0. The lowest BCUT2D eigenvalue weighted by molar-refractivity contribution is 0.643. The molecule has 0 aromatic rings. The maximum absolute atomic E-state index is 6.63. The molecule has 0 saturated carbocycles. The molecule has 0 fully saturated rings. The fourth-order valence-corrected chi connectivity index (χ4v) is 0.633. The highest BCUT2D eigenvalue weighted by Gasteiger charge is 1.99. The van der Waals surface area contributed by atoms with Gasteiger partial charge in [0.2, 0.25) is 0 Å². The summed E-state index contributed by atoms with van der Waals surface area (Å²) in [6, 6.07) is 0. The molecule has 0 heteroatoms. The molecule has 0 N–H and O–H groups in total. The van der Waals surface area contributed by atoms with Crippen LogP contribution in [0.25, 0.3) is 0 Å². The number of rotatable bonds is 3. The predicted molar refractivity (Wildman–Crippen MR) is 42.1 cm³/mol. The molecule has 49 valence electrons. The zero-order valence-electron chi connectivity index (χ0n) is 5.85. The second-order valence-corrected chi connectivity index (χ2v) is 1.99. The maximum Gasteiger partial charge on any atom is 0.0318 e. The minimum atomic E-state index is 0.128. The van der Waals surface area contributed by atoms with E-state index in [4.69, 9.17) is 19.3 Å². The Morgan fingerprint density at radius 2 is 2.10 bits per heavy atom. The lowest BCUT2D eigenvalue weighted by atomic mass is 10.0. The van der Waals surface area contributed by atoms with Gasteiger partial charge in [-0.05, 0) is 12.8 Å². The van der Waals surface area contributed by atoms with E-state index in [-0.39, 0.29) is 5.92 Å².